The molecule has 0 saturated carbocycles. The third-order valence-corrected chi connectivity index (χ3v) is 2.40. The average molecular weight is 265 g/mol. The van der Waals surface area contributed by atoms with Crippen molar-refractivity contribution in [1.82, 2.24) is 0 Å². The van der Waals surface area contributed by atoms with Gasteiger partial charge in [0.15, 0.2) is 0 Å². The van der Waals surface area contributed by atoms with Crippen molar-refractivity contribution in [2.45, 2.75) is 38.8 Å². The first kappa shape index (κ1) is 16.1. The predicted octanol–water partition coefficient (Wildman–Crippen LogP) is 0.561. The highest BCUT2D eigenvalue weighted by Crippen LogP contribution is 2.08. The Morgan fingerprint density at radius 1 is 1.35 bits per heavy atom. The van der Waals surface area contributed by atoms with Crippen LogP contribution in [-0.2, 0) is 25.1 Å². The Balaban J connectivity index is 4.08. The van der Waals surface area contributed by atoms with E-state index in [0.29, 0.717) is 0 Å². The Morgan fingerprint density at radius 3 is 2.29 bits per heavy atom. The van der Waals surface area contributed by atoms with Crippen LogP contribution in [0.5, 0.6) is 0 Å². The fourth-order valence-electron chi connectivity index (χ4n) is 0.839. The molecule has 0 saturated heterocycles. The van der Waals surface area contributed by atoms with Crippen molar-refractivity contribution in [3.63, 3.8) is 0 Å². The molecule has 17 heavy (non-hydrogen) atoms. The normalized spacial score (nSPS) is 14.9. The van der Waals surface area contributed by atoms with Gasteiger partial charge < -0.3 is 15.2 Å². The molecular weight excluding hydrogens is 246 g/mol. The van der Waals surface area contributed by atoms with Gasteiger partial charge in [-0.3, -0.25) is 4.21 Å². The smallest absolute Gasteiger partial charge is 0.428 e. The summed E-state index contributed by atoms with van der Waals surface area (Å²) in [5.74, 6) is -0.588. The maximum atomic E-state index is 11.3. The number of carbonyl (C=O) groups excluding carboxylic acids is 2. The summed E-state index contributed by atoms with van der Waals surface area (Å²) in [5, 5.41) is 0. The fourth-order valence-corrected chi connectivity index (χ4v) is 1.43. The van der Waals surface area contributed by atoms with Crippen LogP contribution in [0.3, 0.4) is 0 Å². The van der Waals surface area contributed by atoms with Gasteiger partial charge in [0.1, 0.15) is 11.6 Å². The van der Waals surface area contributed by atoms with Gasteiger partial charge in [-0.15, -0.1) is 0 Å². The molecule has 0 aromatic heterocycles. The van der Waals surface area contributed by atoms with Gasteiger partial charge in [-0.2, -0.15) is 0 Å². The molecule has 2 atom stereocenters. The first-order chi connectivity index (χ1) is 7.61. The van der Waals surface area contributed by atoms with Crippen molar-refractivity contribution in [3.05, 3.63) is 0 Å². The third-order valence-electron chi connectivity index (χ3n) is 1.59. The van der Waals surface area contributed by atoms with Crippen molar-refractivity contribution in [1.29, 1.82) is 0 Å². The Bertz CT molecular complexity index is 310. The van der Waals surface area contributed by atoms with Crippen molar-refractivity contribution in [2.24, 2.45) is 5.73 Å². The lowest BCUT2D eigenvalue weighted by atomic mass is 10.2. The standard InChI is InChI=1S/C10H19NO5S/c1-10(2,3)16-9(13)15-8(12)7(11)5-6-17(4)14/h7H,5-6,11H2,1-4H3/t7-,17?/m0/s1. The molecule has 7 heteroatoms. The molecule has 6 nitrogen and oxygen atoms in total. The fraction of sp³-hybridized carbons (Fsp3) is 0.800. The lowest BCUT2D eigenvalue weighted by Crippen LogP contribution is -2.36. The van der Waals surface area contributed by atoms with Crippen molar-refractivity contribution < 1.29 is 23.3 Å². The van der Waals surface area contributed by atoms with Crippen LogP contribution in [0.2, 0.25) is 0 Å². The molecule has 1 unspecified atom stereocenters. The molecule has 0 aliphatic carbocycles. The van der Waals surface area contributed by atoms with E-state index < -0.39 is 34.6 Å². The van der Waals surface area contributed by atoms with E-state index in [1.54, 1.807) is 20.8 Å². The van der Waals surface area contributed by atoms with Crippen LogP contribution in [0, 0.1) is 0 Å². The molecule has 2 N–H and O–H groups in total. The van der Waals surface area contributed by atoms with E-state index in [2.05, 4.69) is 4.74 Å². The molecule has 0 aromatic rings. The number of carbonyl (C=O) groups is 2. The van der Waals surface area contributed by atoms with Crippen LogP contribution in [0.25, 0.3) is 0 Å². The zero-order valence-electron chi connectivity index (χ0n) is 10.5. The van der Waals surface area contributed by atoms with E-state index in [9.17, 15) is 13.8 Å². The SMILES string of the molecule is CS(=O)CC[C@H](N)C(=O)OC(=O)OC(C)(C)C. The predicted molar refractivity (Wildman–Crippen MR) is 63.9 cm³/mol. The summed E-state index contributed by atoms with van der Waals surface area (Å²) in [6.07, 6.45) is 0.631. The van der Waals surface area contributed by atoms with Gasteiger partial charge in [-0.25, -0.2) is 9.59 Å². The number of hydrogen-bond acceptors (Lipinski definition) is 6. The Hall–Kier alpha value is -0.950. The van der Waals surface area contributed by atoms with E-state index in [1.807, 2.05) is 0 Å². The van der Waals surface area contributed by atoms with E-state index in [0.717, 1.165) is 0 Å². The van der Waals surface area contributed by atoms with Crippen LogP contribution in [-0.4, -0.2) is 40.0 Å². The largest absolute Gasteiger partial charge is 0.516 e. The Kier molecular flexibility index (Phi) is 6.33. The number of esters is 1. The summed E-state index contributed by atoms with van der Waals surface area (Å²) < 4.78 is 20.0. The number of ether oxygens (including phenoxy) is 2. The molecular formula is C10H19NO5S. The first-order valence-corrected chi connectivity index (χ1v) is 6.85. The van der Waals surface area contributed by atoms with Gasteiger partial charge in [0.05, 0.1) is 0 Å². The molecule has 0 bridgehead atoms. The molecule has 0 aromatic carbocycles. The monoisotopic (exact) mass is 265 g/mol. The van der Waals surface area contributed by atoms with Gasteiger partial charge in [0.25, 0.3) is 0 Å². The minimum atomic E-state index is -1.07. The van der Waals surface area contributed by atoms with E-state index in [-0.39, 0.29) is 12.2 Å². The molecule has 0 aliphatic heterocycles. The highest BCUT2D eigenvalue weighted by atomic mass is 32.2. The third kappa shape index (κ3) is 8.82. The molecule has 0 heterocycles. The summed E-state index contributed by atoms with van der Waals surface area (Å²) in [6, 6.07) is -0.966. The highest BCUT2D eigenvalue weighted by molar-refractivity contribution is 7.84. The molecule has 100 valence electrons. The van der Waals surface area contributed by atoms with Gasteiger partial charge >= 0.3 is 12.1 Å². The van der Waals surface area contributed by atoms with Gasteiger partial charge in [-0.1, -0.05) is 0 Å². The highest BCUT2D eigenvalue weighted by Gasteiger charge is 2.23. The van der Waals surface area contributed by atoms with Gasteiger partial charge in [0, 0.05) is 22.8 Å². The molecule has 0 aliphatic rings. The van der Waals surface area contributed by atoms with E-state index >= 15 is 0 Å². The van der Waals surface area contributed by atoms with Crippen molar-refractivity contribution >= 4 is 22.9 Å². The second kappa shape index (κ2) is 6.70. The topological polar surface area (TPSA) is 95.7 Å². The lowest BCUT2D eigenvalue weighted by Gasteiger charge is -2.18. The molecule has 0 amide bonds. The van der Waals surface area contributed by atoms with Crippen molar-refractivity contribution in [2.75, 3.05) is 12.0 Å². The second-order valence-electron chi connectivity index (χ2n) is 4.56. The second-order valence-corrected chi connectivity index (χ2v) is 6.11. The Morgan fingerprint density at radius 2 is 1.88 bits per heavy atom. The number of nitrogens with two attached hydrogens (primary N) is 1. The molecule has 0 fully saturated rings. The summed E-state index contributed by atoms with van der Waals surface area (Å²) in [4.78, 5) is 22.4. The number of hydrogen-bond donors (Lipinski definition) is 1. The molecule has 0 spiro atoms. The maximum Gasteiger partial charge on any atom is 0.516 e. The zero-order valence-corrected chi connectivity index (χ0v) is 11.3. The van der Waals surface area contributed by atoms with Crippen molar-refractivity contribution in [3.8, 4) is 0 Å². The zero-order chi connectivity index (χ0) is 13.6. The Labute approximate surface area is 103 Å². The average Bonchev–Trinajstić information content (AvgIpc) is 2.10. The minimum absolute atomic E-state index is 0.199. The summed E-state index contributed by atoms with van der Waals surface area (Å²) in [7, 11) is -1.04. The summed E-state index contributed by atoms with van der Waals surface area (Å²) in [6.45, 7) is 4.96. The first-order valence-electron chi connectivity index (χ1n) is 5.12. The van der Waals surface area contributed by atoms with E-state index in [1.165, 1.54) is 6.26 Å². The maximum absolute atomic E-state index is 11.3. The minimum Gasteiger partial charge on any atom is -0.428 e. The van der Waals surface area contributed by atoms with Crippen LogP contribution in [0.15, 0.2) is 0 Å². The summed E-state index contributed by atoms with van der Waals surface area (Å²) in [5.41, 5.74) is 4.73. The van der Waals surface area contributed by atoms with Gasteiger partial charge in [0.2, 0.25) is 0 Å². The molecule has 0 radical (unpaired) electrons. The molecule has 0 rings (SSSR count). The number of rotatable bonds is 4. The van der Waals surface area contributed by atoms with Crippen LogP contribution >= 0.6 is 0 Å². The van der Waals surface area contributed by atoms with Crippen LogP contribution in [0.1, 0.15) is 27.2 Å². The summed E-state index contributed by atoms with van der Waals surface area (Å²) >= 11 is 0. The quantitative estimate of drug-likeness (QED) is 0.589. The van der Waals surface area contributed by atoms with Crippen LogP contribution < -0.4 is 5.73 Å². The lowest BCUT2D eigenvalue weighted by molar-refractivity contribution is -0.143. The van der Waals surface area contributed by atoms with Crippen LogP contribution in [0.4, 0.5) is 4.79 Å². The van der Waals surface area contributed by atoms with Gasteiger partial charge in [-0.05, 0) is 27.2 Å². The van der Waals surface area contributed by atoms with E-state index in [4.69, 9.17) is 10.5 Å².